The topological polar surface area (TPSA) is 32.3 Å². The second-order valence-corrected chi connectivity index (χ2v) is 7.31. The van der Waals surface area contributed by atoms with E-state index in [0.29, 0.717) is 24.2 Å². The Bertz CT molecular complexity index is 1020. The number of rotatable bonds is 5. The number of hydrogen-bond donors (Lipinski definition) is 1. The largest absolute Gasteiger partial charge is 0.471 e. The average molecular weight is 422 g/mol. The summed E-state index contributed by atoms with van der Waals surface area (Å²) >= 11 is 0. The van der Waals surface area contributed by atoms with Crippen molar-refractivity contribution in [3.8, 4) is 0 Å². The molecule has 0 bridgehead atoms. The first kappa shape index (κ1) is 20.7. The fourth-order valence-electron chi connectivity index (χ4n) is 3.83. The van der Waals surface area contributed by atoms with Gasteiger partial charge in [-0.3, -0.25) is 4.79 Å². The van der Waals surface area contributed by atoms with Crippen molar-refractivity contribution in [1.29, 1.82) is 0 Å². The molecule has 1 amide bonds. The molecule has 6 heteroatoms. The van der Waals surface area contributed by atoms with Crippen LogP contribution in [0, 0.1) is 0 Å². The first-order valence-electron chi connectivity index (χ1n) is 9.98. The predicted molar refractivity (Wildman–Crippen MR) is 114 cm³/mol. The second kappa shape index (κ2) is 8.68. The van der Waals surface area contributed by atoms with Crippen molar-refractivity contribution in [2.24, 2.45) is 0 Å². The monoisotopic (exact) mass is 422 g/mol. The van der Waals surface area contributed by atoms with Gasteiger partial charge in [0.1, 0.15) is 0 Å². The van der Waals surface area contributed by atoms with Crippen molar-refractivity contribution in [2.75, 3.05) is 6.54 Å². The number of amides is 1. The molecule has 1 N–H and O–H groups in total. The van der Waals surface area contributed by atoms with E-state index in [1.807, 2.05) is 60.7 Å². The molecular formula is C25H21F3N2O. The Labute approximate surface area is 178 Å². The summed E-state index contributed by atoms with van der Waals surface area (Å²) < 4.78 is 39.1. The standard InChI is InChI=1S/C25H21F3N2O/c26-25(27,28)24(31)29-22(18-10-4-1-5-11-18)21-16-17-30(21)23(19-12-6-2-7-13-19)20-14-8-3-9-15-20/h1-15,23H,16-17H2,(H,29,31). The quantitative estimate of drug-likeness (QED) is 0.587. The van der Waals surface area contributed by atoms with Gasteiger partial charge in [-0.05, 0) is 16.7 Å². The molecule has 4 rings (SSSR count). The van der Waals surface area contributed by atoms with E-state index in [2.05, 4.69) is 10.2 Å². The van der Waals surface area contributed by atoms with Crippen LogP contribution in [0.5, 0.6) is 0 Å². The van der Waals surface area contributed by atoms with Gasteiger partial charge in [-0.1, -0.05) is 91.0 Å². The first-order chi connectivity index (χ1) is 14.9. The van der Waals surface area contributed by atoms with E-state index in [9.17, 15) is 18.0 Å². The number of likely N-dealkylation sites (tertiary alicyclic amines) is 1. The lowest BCUT2D eigenvalue weighted by atomic mass is 9.91. The maximum atomic E-state index is 13.0. The fourth-order valence-corrected chi connectivity index (χ4v) is 3.83. The van der Waals surface area contributed by atoms with Gasteiger partial charge in [0.2, 0.25) is 0 Å². The van der Waals surface area contributed by atoms with Crippen LogP contribution < -0.4 is 5.32 Å². The average Bonchev–Trinajstić information content (AvgIpc) is 2.77. The predicted octanol–water partition coefficient (Wildman–Crippen LogP) is 5.53. The summed E-state index contributed by atoms with van der Waals surface area (Å²) in [4.78, 5) is 13.9. The number of nitrogens with one attached hydrogen (secondary N) is 1. The Kier molecular flexibility index (Phi) is 5.80. The Morgan fingerprint density at radius 3 is 1.71 bits per heavy atom. The molecule has 1 aliphatic heterocycles. The number of benzene rings is 3. The zero-order valence-corrected chi connectivity index (χ0v) is 16.6. The van der Waals surface area contributed by atoms with Crippen LogP contribution in [-0.4, -0.2) is 23.5 Å². The van der Waals surface area contributed by atoms with Crippen LogP contribution in [0.2, 0.25) is 0 Å². The smallest absolute Gasteiger partial charge is 0.362 e. The van der Waals surface area contributed by atoms with Gasteiger partial charge in [0.05, 0.1) is 11.7 Å². The highest BCUT2D eigenvalue weighted by Gasteiger charge is 2.41. The molecule has 3 nitrogen and oxygen atoms in total. The van der Waals surface area contributed by atoms with E-state index < -0.39 is 12.1 Å². The van der Waals surface area contributed by atoms with Crippen molar-refractivity contribution in [3.05, 3.63) is 113 Å². The number of halogens is 3. The molecule has 3 aromatic rings. The van der Waals surface area contributed by atoms with Gasteiger partial charge in [0.25, 0.3) is 0 Å². The molecule has 0 aromatic heterocycles. The third-order valence-electron chi connectivity index (χ3n) is 5.33. The van der Waals surface area contributed by atoms with Crippen LogP contribution in [0.25, 0.3) is 5.70 Å². The van der Waals surface area contributed by atoms with Gasteiger partial charge < -0.3 is 10.2 Å². The van der Waals surface area contributed by atoms with Gasteiger partial charge in [0, 0.05) is 18.7 Å². The minimum absolute atomic E-state index is 0.173. The molecule has 0 saturated carbocycles. The highest BCUT2D eigenvalue weighted by molar-refractivity contribution is 5.91. The molecule has 0 atom stereocenters. The molecule has 1 aliphatic rings. The van der Waals surface area contributed by atoms with Crippen molar-refractivity contribution in [1.82, 2.24) is 10.2 Å². The Hall–Kier alpha value is -3.54. The van der Waals surface area contributed by atoms with Crippen LogP contribution in [0.1, 0.15) is 29.2 Å². The lowest BCUT2D eigenvalue weighted by Gasteiger charge is -2.45. The zero-order valence-electron chi connectivity index (χ0n) is 16.6. The van der Waals surface area contributed by atoms with E-state index >= 15 is 0 Å². The summed E-state index contributed by atoms with van der Waals surface area (Å²) in [5.74, 6) is -1.97. The molecule has 31 heavy (non-hydrogen) atoms. The maximum absolute atomic E-state index is 13.0. The van der Waals surface area contributed by atoms with E-state index in [0.717, 1.165) is 11.1 Å². The fraction of sp³-hybridized carbons (Fsp3) is 0.160. The summed E-state index contributed by atoms with van der Waals surface area (Å²) in [7, 11) is 0. The normalized spacial score (nSPS) is 15.4. The van der Waals surface area contributed by atoms with Crippen LogP contribution >= 0.6 is 0 Å². The molecule has 0 spiro atoms. The third-order valence-corrected chi connectivity index (χ3v) is 5.33. The van der Waals surface area contributed by atoms with E-state index in [1.54, 1.807) is 30.3 Å². The van der Waals surface area contributed by atoms with E-state index in [-0.39, 0.29) is 11.7 Å². The molecule has 158 valence electrons. The summed E-state index contributed by atoms with van der Waals surface area (Å²) in [6, 6.07) is 28.1. The maximum Gasteiger partial charge on any atom is 0.471 e. The van der Waals surface area contributed by atoms with E-state index in [1.165, 1.54) is 0 Å². The molecule has 1 fully saturated rings. The number of alkyl halides is 3. The van der Waals surface area contributed by atoms with Gasteiger partial charge in [0.15, 0.2) is 0 Å². The number of hydrogen-bond acceptors (Lipinski definition) is 2. The zero-order chi connectivity index (χ0) is 21.8. The first-order valence-corrected chi connectivity index (χ1v) is 9.98. The van der Waals surface area contributed by atoms with E-state index in [4.69, 9.17) is 0 Å². The molecule has 0 aliphatic carbocycles. The Morgan fingerprint density at radius 2 is 1.29 bits per heavy atom. The van der Waals surface area contributed by atoms with Crippen LogP contribution in [-0.2, 0) is 4.79 Å². The molecule has 1 saturated heterocycles. The van der Waals surface area contributed by atoms with Crippen molar-refractivity contribution < 1.29 is 18.0 Å². The lowest BCUT2D eigenvalue weighted by Crippen LogP contribution is -2.43. The molecular weight excluding hydrogens is 401 g/mol. The minimum atomic E-state index is -4.96. The molecule has 0 radical (unpaired) electrons. The SMILES string of the molecule is O=C(NC(=C1CCN1C(c1ccccc1)c1ccccc1)c1ccccc1)C(F)(F)F. The molecule has 1 heterocycles. The summed E-state index contributed by atoms with van der Waals surface area (Å²) in [6.07, 6.45) is -4.40. The molecule has 0 unspecified atom stereocenters. The number of carbonyl (C=O) groups is 1. The van der Waals surface area contributed by atoms with Crippen LogP contribution in [0.4, 0.5) is 13.2 Å². The highest BCUT2D eigenvalue weighted by Crippen LogP contribution is 2.40. The van der Waals surface area contributed by atoms with Gasteiger partial charge in [-0.15, -0.1) is 0 Å². The number of carbonyl (C=O) groups excluding carboxylic acids is 1. The van der Waals surface area contributed by atoms with Crippen molar-refractivity contribution >= 4 is 11.6 Å². The van der Waals surface area contributed by atoms with Crippen molar-refractivity contribution in [3.63, 3.8) is 0 Å². The summed E-state index contributed by atoms with van der Waals surface area (Å²) in [5, 5.41) is 2.14. The Balaban J connectivity index is 1.80. The van der Waals surface area contributed by atoms with Crippen molar-refractivity contribution in [2.45, 2.75) is 18.6 Å². The lowest BCUT2D eigenvalue weighted by molar-refractivity contribution is -0.172. The highest BCUT2D eigenvalue weighted by atomic mass is 19.4. The van der Waals surface area contributed by atoms with Crippen LogP contribution in [0.3, 0.4) is 0 Å². The number of nitrogens with zero attached hydrogens (tertiary/aromatic N) is 1. The Morgan fingerprint density at radius 1 is 0.806 bits per heavy atom. The third kappa shape index (κ3) is 4.48. The second-order valence-electron chi connectivity index (χ2n) is 7.31. The molecule has 3 aromatic carbocycles. The van der Waals surface area contributed by atoms with Gasteiger partial charge in [-0.2, -0.15) is 13.2 Å². The van der Waals surface area contributed by atoms with Gasteiger partial charge >= 0.3 is 12.1 Å². The summed E-state index contributed by atoms with van der Waals surface area (Å²) in [5.41, 5.74) is 3.48. The van der Waals surface area contributed by atoms with Crippen LogP contribution in [0.15, 0.2) is 96.7 Å². The summed E-state index contributed by atoms with van der Waals surface area (Å²) in [6.45, 7) is 0.669. The van der Waals surface area contributed by atoms with Gasteiger partial charge in [-0.25, -0.2) is 0 Å². The minimum Gasteiger partial charge on any atom is -0.362 e.